The molecule has 0 unspecified atom stereocenters. The van der Waals surface area contributed by atoms with E-state index in [4.69, 9.17) is 0 Å². The third-order valence-electron chi connectivity index (χ3n) is 3.39. The zero-order valence-electron chi connectivity index (χ0n) is 10.4. The zero-order valence-corrected chi connectivity index (χ0v) is 10.4. The number of nitrogens with zero attached hydrogens (tertiary/aromatic N) is 3. The van der Waals surface area contributed by atoms with Gasteiger partial charge in [-0.1, -0.05) is 6.08 Å². The molecule has 0 bridgehead atoms. The molecule has 0 radical (unpaired) electrons. The van der Waals surface area contributed by atoms with Crippen LogP contribution in [0, 0.1) is 11.4 Å². The van der Waals surface area contributed by atoms with Crippen LogP contribution in [0.2, 0.25) is 0 Å². The van der Waals surface area contributed by atoms with E-state index in [0.29, 0.717) is 11.4 Å². The second-order valence-electron chi connectivity index (χ2n) is 4.90. The Morgan fingerprint density at radius 1 is 1.40 bits per heavy atom. The summed E-state index contributed by atoms with van der Waals surface area (Å²) in [5.41, 5.74) is -1.05. The molecule has 106 valence electrons. The van der Waals surface area contributed by atoms with Gasteiger partial charge in [0.1, 0.15) is 0 Å². The van der Waals surface area contributed by atoms with Gasteiger partial charge >= 0.3 is 6.18 Å². The van der Waals surface area contributed by atoms with Crippen molar-refractivity contribution in [1.82, 2.24) is 14.6 Å². The maximum absolute atomic E-state index is 13.1. The summed E-state index contributed by atoms with van der Waals surface area (Å²) >= 11 is 0. The molecule has 0 aliphatic carbocycles. The average Bonchev–Trinajstić information content (AvgIpc) is 2.63. The van der Waals surface area contributed by atoms with Crippen molar-refractivity contribution in [3.8, 4) is 0 Å². The Labute approximate surface area is 111 Å². The summed E-state index contributed by atoms with van der Waals surface area (Å²) in [5, 5.41) is 6.29. The molecule has 8 heteroatoms. The van der Waals surface area contributed by atoms with Crippen LogP contribution in [0.15, 0.2) is 18.3 Å². The van der Waals surface area contributed by atoms with E-state index in [1.165, 1.54) is 16.8 Å². The van der Waals surface area contributed by atoms with E-state index in [1.54, 1.807) is 0 Å². The van der Waals surface area contributed by atoms with Gasteiger partial charge in [-0.05, 0) is 13.0 Å². The Bertz CT molecular complexity index is 703. The average molecular weight is 286 g/mol. The fourth-order valence-corrected chi connectivity index (χ4v) is 2.02. The molecule has 1 atom stereocenters. The van der Waals surface area contributed by atoms with Gasteiger partial charge in [-0.2, -0.15) is 17.6 Å². The molecule has 20 heavy (non-hydrogen) atoms. The van der Waals surface area contributed by atoms with Crippen molar-refractivity contribution in [2.45, 2.75) is 13.1 Å². The third-order valence-corrected chi connectivity index (χ3v) is 3.39. The second-order valence-corrected chi connectivity index (χ2v) is 4.90. The summed E-state index contributed by atoms with van der Waals surface area (Å²) < 4.78 is 53.5. The van der Waals surface area contributed by atoms with Crippen molar-refractivity contribution in [2.75, 3.05) is 11.9 Å². The smallest absolute Gasteiger partial charge is 0.381 e. The minimum atomic E-state index is -4.39. The van der Waals surface area contributed by atoms with Crippen LogP contribution in [-0.4, -0.2) is 27.3 Å². The SMILES string of the molecule is C[C@]1(C(F)(F)F)C=Cc2c(cnc3cc(F)nn23)NC1. The van der Waals surface area contributed by atoms with Gasteiger partial charge in [0, 0.05) is 12.6 Å². The number of halogens is 4. The molecule has 1 N–H and O–H groups in total. The molecule has 2 aromatic heterocycles. The molecule has 0 aromatic carbocycles. The maximum atomic E-state index is 13.1. The summed E-state index contributed by atoms with van der Waals surface area (Å²) in [5.74, 6) is -0.734. The van der Waals surface area contributed by atoms with Crippen molar-refractivity contribution in [3.05, 3.63) is 30.0 Å². The fourth-order valence-electron chi connectivity index (χ4n) is 2.02. The lowest BCUT2D eigenvalue weighted by Gasteiger charge is -2.28. The Kier molecular flexibility index (Phi) is 2.54. The van der Waals surface area contributed by atoms with E-state index < -0.39 is 17.5 Å². The van der Waals surface area contributed by atoms with Crippen LogP contribution in [0.25, 0.3) is 11.7 Å². The number of hydrogen-bond donors (Lipinski definition) is 1. The molecule has 0 fully saturated rings. The lowest BCUT2D eigenvalue weighted by Crippen LogP contribution is -2.38. The normalized spacial score (nSPS) is 22.4. The maximum Gasteiger partial charge on any atom is 0.399 e. The lowest BCUT2D eigenvalue weighted by atomic mass is 9.89. The molecule has 1 aliphatic heterocycles. The van der Waals surface area contributed by atoms with Crippen LogP contribution in [0.1, 0.15) is 12.6 Å². The first kappa shape index (κ1) is 12.9. The minimum Gasteiger partial charge on any atom is -0.381 e. The van der Waals surface area contributed by atoms with Crippen LogP contribution >= 0.6 is 0 Å². The van der Waals surface area contributed by atoms with Crippen LogP contribution in [-0.2, 0) is 0 Å². The minimum absolute atomic E-state index is 0.239. The monoisotopic (exact) mass is 286 g/mol. The molecule has 3 heterocycles. The number of hydrogen-bond acceptors (Lipinski definition) is 3. The molecule has 3 rings (SSSR count). The van der Waals surface area contributed by atoms with Gasteiger partial charge in [-0.25, -0.2) is 9.50 Å². The highest BCUT2D eigenvalue weighted by Gasteiger charge is 2.49. The van der Waals surface area contributed by atoms with Gasteiger partial charge in [0.05, 0.1) is 23.0 Å². The third kappa shape index (κ3) is 1.83. The number of rotatable bonds is 0. The standard InChI is InChI=1S/C12H10F4N4/c1-11(12(14,15)16)3-2-8-7(18-6-11)5-17-10-4-9(13)19-20(8)10/h2-5,18H,6H2,1H3/t11-/m0/s1. The van der Waals surface area contributed by atoms with E-state index in [1.807, 2.05) is 0 Å². The zero-order chi connectivity index (χ0) is 14.5. The molecule has 1 aliphatic rings. The molecule has 4 nitrogen and oxygen atoms in total. The van der Waals surface area contributed by atoms with Crippen LogP contribution in [0.5, 0.6) is 0 Å². The molecule has 0 saturated carbocycles. The quantitative estimate of drug-likeness (QED) is 0.757. The predicted molar refractivity (Wildman–Crippen MR) is 64.6 cm³/mol. The van der Waals surface area contributed by atoms with Crippen molar-refractivity contribution in [1.29, 1.82) is 0 Å². The molecule has 0 amide bonds. The first-order valence-corrected chi connectivity index (χ1v) is 5.84. The van der Waals surface area contributed by atoms with E-state index in [-0.39, 0.29) is 12.2 Å². The summed E-state index contributed by atoms with van der Waals surface area (Å²) in [6.45, 7) is 0.771. The predicted octanol–water partition coefficient (Wildman–Crippen LogP) is 2.88. The van der Waals surface area contributed by atoms with Crippen molar-refractivity contribution >= 4 is 17.4 Å². The van der Waals surface area contributed by atoms with Crippen molar-refractivity contribution in [3.63, 3.8) is 0 Å². The van der Waals surface area contributed by atoms with Gasteiger partial charge in [0.2, 0.25) is 5.95 Å². The summed E-state index contributed by atoms with van der Waals surface area (Å²) in [6, 6.07) is 1.11. The van der Waals surface area contributed by atoms with E-state index in [9.17, 15) is 17.6 Å². The first-order valence-electron chi connectivity index (χ1n) is 5.84. The Morgan fingerprint density at radius 3 is 2.85 bits per heavy atom. The van der Waals surface area contributed by atoms with Gasteiger partial charge in [-0.15, -0.1) is 5.10 Å². The summed E-state index contributed by atoms with van der Waals surface area (Å²) in [6.07, 6.45) is -0.659. The number of aromatic nitrogens is 3. The lowest BCUT2D eigenvalue weighted by molar-refractivity contribution is -0.194. The van der Waals surface area contributed by atoms with Gasteiger partial charge in [0.15, 0.2) is 5.65 Å². The van der Waals surface area contributed by atoms with Gasteiger partial charge in [-0.3, -0.25) is 0 Å². The van der Waals surface area contributed by atoms with Crippen molar-refractivity contribution in [2.24, 2.45) is 5.41 Å². The Morgan fingerprint density at radius 2 is 2.15 bits per heavy atom. The number of nitrogens with one attached hydrogen (secondary N) is 1. The number of alkyl halides is 3. The van der Waals surface area contributed by atoms with E-state index >= 15 is 0 Å². The fraction of sp³-hybridized carbons (Fsp3) is 0.333. The van der Waals surface area contributed by atoms with Crippen LogP contribution in [0.3, 0.4) is 0 Å². The highest BCUT2D eigenvalue weighted by Crippen LogP contribution is 2.41. The van der Waals surface area contributed by atoms with Gasteiger partial charge < -0.3 is 5.32 Å². The highest BCUT2D eigenvalue weighted by atomic mass is 19.4. The molecular formula is C12H10F4N4. The number of fused-ring (bicyclic) bond motifs is 3. The van der Waals surface area contributed by atoms with Gasteiger partial charge in [0.25, 0.3) is 0 Å². The largest absolute Gasteiger partial charge is 0.399 e. The Hall–Kier alpha value is -2.12. The van der Waals surface area contributed by atoms with E-state index in [2.05, 4.69) is 15.4 Å². The molecule has 2 aromatic rings. The Balaban J connectivity index is 2.15. The molecule has 0 spiro atoms. The topological polar surface area (TPSA) is 42.2 Å². The number of anilines is 1. The van der Waals surface area contributed by atoms with Crippen LogP contribution < -0.4 is 5.32 Å². The van der Waals surface area contributed by atoms with Crippen molar-refractivity contribution < 1.29 is 17.6 Å². The second kappa shape index (κ2) is 3.94. The first-order chi connectivity index (χ1) is 9.30. The van der Waals surface area contributed by atoms with E-state index in [0.717, 1.165) is 19.1 Å². The summed E-state index contributed by atoms with van der Waals surface area (Å²) in [7, 11) is 0. The summed E-state index contributed by atoms with van der Waals surface area (Å²) in [4.78, 5) is 3.95. The van der Waals surface area contributed by atoms with Crippen LogP contribution in [0.4, 0.5) is 23.2 Å². The highest BCUT2D eigenvalue weighted by molar-refractivity contribution is 5.67. The molecular weight excluding hydrogens is 276 g/mol. The molecule has 0 saturated heterocycles.